The summed E-state index contributed by atoms with van der Waals surface area (Å²) >= 11 is 3.19. The van der Waals surface area contributed by atoms with E-state index in [2.05, 4.69) is 12.2 Å². The van der Waals surface area contributed by atoms with Crippen molar-refractivity contribution in [2.45, 2.75) is 162 Å². The molecule has 0 aliphatic carbocycles. The number of hydrogen-bond donors (Lipinski definition) is 11. The molecule has 60 heavy (non-hydrogen) atoms. The highest BCUT2D eigenvalue weighted by atomic mass is 32.2. The normalized spacial score (nSPS) is 34.4. The molecule has 0 amide bonds. The zero-order valence-electron chi connectivity index (χ0n) is 34.1. The standard InChI is InChI=1S/C37H67NO20S2/c1-3-4-5-6-7-8-9-10-20(11-26(44)51-2)60-19-59-17-38-12-22(42)28(46)24(14-40)55-35-32(50)30(48)25(16-53-35)56-37-33(29(47)23(43)15-52-37)57-36-31(49)27(45)21(13-39)34(58-36)54-18-41/h18,20-25,27-40,42-43,45-50H,3-17,19H2,1-2H3/t20?,21-,22?,23+,24?,25+,27-,28?,29?,30+,31?,32?,33?,34?,35-,36-,37-/m0/s1. The number of methoxy groups -OCH3 is 1. The van der Waals surface area contributed by atoms with E-state index in [0.29, 0.717) is 17.4 Å². The second kappa shape index (κ2) is 28.7. The van der Waals surface area contributed by atoms with Gasteiger partial charge < -0.3 is 94.3 Å². The van der Waals surface area contributed by atoms with Gasteiger partial charge in [-0.05, 0) is 6.42 Å². The van der Waals surface area contributed by atoms with E-state index in [0.717, 1.165) is 19.3 Å². The fourth-order valence-electron chi connectivity index (χ4n) is 6.83. The maximum absolute atomic E-state index is 11.9. The highest BCUT2D eigenvalue weighted by Crippen LogP contribution is 2.32. The van der Waals surface area contributed by atoms with Crippen LogP contribution in [0, 0.1) is 5.92 Å². The van der Waals surface area contributed by atoms with Crippen LogP contribution in [0.5, 0.6) is 0 Å². The van der Waals surface area contributed by atoms with Gasteiger partial charge in [-0.3, -0.25) is 9.59 Å². The van der Waals surface area contributed by atoms with E-state index >= 15 is 0 Å². The number of ether oxygens (including phenoxy) is 8. The molecule has 352 valence electrons. The summed E-state index contributed by atoms with van der Waals surface area (Å²) in [7, 11) is 1.38. The highest BCUT2D eigenvalue weighted by molar-refractivity contribution is 8.16. The van der Waals surface area contributed by atoms with E-state index in [1.54, 1.807) is 11.8 Å². The summed E-state index contributed by atoms with van der Waals surface area (Å²) in [6.07, 6.45) is -15.2. The van der Waals surface area contributed by atoms with Crippen LogP contribution >= 0.6 is 23.5 Å². The van der Waals surface area contributed by atoms with Crippen LogP contribution in [0.1, 0.15) is 64.7 Å². The lowest BCUT2D eigenvalue weighted by molar-refractivity contribution is -0.384. The summed E-state index contributed by atoms with van der Waals surface area (Å²) < 4.78 is 43.0. The van der Waals surface area contributed by atoms with E-state index in [1.165, 1.54) is 51.0 Å². The molecule has 0 aromatic carbocycles. The lowest BCUT2D eigenvalue weighted by Gasteiger charge is -2.46. The first-order valence-corrected chi connectivity index (χ1v) is 22.6. The molecule has 3 heterocycles. The summed E-state index contributed by atoms with van der Waals surface area (Å²) in [6.45, 7) is -0.427. The Kier molecular flexibility index (Phi) is 25.5. The summed E-state index contributed by atoms with van der Waals surface area (Å²) in [5, 5.41) is 109. The number of esters is 1. The molecule has 17 atom stereocenters. The molecule has 0 radical (unpaired) electrons. The number of aliphatic hydroxyl groups excluding tert-OH is 10. The van der Waals surface area contributed by atoms with Crippen LogP contribution in [0.25, 0.3) is 0 Å². The second-order valence-electron chi connectivity index (χ2n) is 15.0. The number of unbranched alkanes of at least 4 members (excludes halogenated alkanes) is 6. The fourth-order valence-corrected chi connectivity index (χ4v) is 9.16. The van der Waals surface area contributed by atoms with Crippen molar-refractivity contribution >= 4 is 36.0 Å². The topological polar surface area (TPSA) is 322 Å². The zero-order valence-corrected chi connectivity index (χ0v) is 35.7. The Hall–Kier alpha value is -1.04. The van der Waals surface area contributed by atoms with Crippen molar-refractivity contribution in [1.82, 2.24) is 5.32 Å². The quantitative estimate of drug-likeness (QED) is 0.0157. The molecule has 0 saturated carbocycles. The van der Waals surface area contributed by atoms with Gasteiger partial charge in [0.15, 0.2) is 18.9 Å². The van der Waals surface area contributed by atoms with Gasteiger partial charge in [-0.25, -0.2) is 0 Å². The number of aliphatic hydroxyl groups is 10. The van der Waals surface area contributed by atoms with Crippen molar-refractivity contribution in [3.63, 3.8) is 0 Å². The van der Waals surface area contributed by atoms with Crippen molar-refractivity contribution in [1.29, 1.82) is 0 Å². The van der Waals surface area contributed by atoms with Crippen LogP contribution in [0.4, 0.5) is 0 Å². The Morgan fingerprint density at radius 3 is 2.20 bits per heavy atom. The Bertz CT molecular complexity index is 1190. The first-order chi connectivity index (χ1) is 28.8. The number of carbonyl (C=O) groups excluding carboxylic acids is 2. The molecular weight excluding hydrogens is 843 g/mol. The summed E-state index contributed by atoms with van der Waals surface area (Å²) in [4.78, 5) is 22.9. The minimum Gasteiger partial charge on any atom is -0.469 e. The maximum Gasteiger partial charge on any atom is 0.306 e. The lowest BCUT2D eigenvalue weighted by atomic mass is 9.94. The van der Waals surface area contributed by atoms with Gasteiger partial charge in [0.05, 0.1) is 58.1 Å². The molecule has 3 aliphatic heterocycles. The minimum absolute atomic E-state index is 0.00857. The third-order valence-electron chi connectivity index (χ3n) is 10.5. The molecule has 23 heteroatoms. The number of thioether (sulfide) groups is 2. The maximum atomic E-state index is 11.9. The van der Waals surface area contributed by atoms with Crippen LogP contribution in [0.2, 0.25) is 0 Å². The van der Waals surface area contributed by atoms with Crippen LogP contribution in [-0.4, -0.2) is 212 Å². The van der Waals surface area contributed by atoms with Gasteiger partial charge in [0.25, 0.3) is 6.47 Å². The molecule has 3 rings (SSSR count). The molecule has 3 fully saturated rings. The van der Waals surface area contributed by atoms with Crippen LogP contribution in [-0.2, 0) is 47.5 Å². The molecule has 9 unspecified atom stereocenters. The Balaban J connectivity index is 1.46. The monoisotopic (exact) mass is 909 g/mol. The molecule has 3 aliphatic rings. The van der Waals surface area contributed by atoms with Crippen LogP contribution in [0.3, 0.4) is 0 Å². The Morgan fingerprint density at radius 1 is 0.850 bits per heavy atom. The molecule has 0 aromatic heterocycles. The Labute approximate surface area is 358 Å². The summed E-state index contributed by atoms with van der Waals surface area (Å²) in [5.41, 5.74) is 0. The highest BCUT2D eigenvalue weighted by Gasteiger charge is 2.51. The van der Waals surface area contributed by atoms with Gasteiger partial charge in [0, 0.05) is 22.8 Å². The number of nitrogens with one attached hydrogen (secondary N) is 1. The van der Waals surface area contributed by atoms with Crippen LogP contribution < -0.4 is 5.32 Å². The minimum atomic E-state index is -1.85. The summed E-state index contributed by atoms with van der Waals surface area (Å²) in [5.74, 6) is -1.10. The van der Waals surface area contributed by atoms with Crippen molar-refractivity contribution in [3.05, 3.63) is 0 Å². The van der Waals surface area contributed by atoms with Gasteiger partial charge in [-0.15, -0.1) is 23.5 Å². The van der Waals surface area contributed by atoms with Crippen LogP contribution in [0.15, 0.2) is 0 Å². The number of carbonyl (C=O) groups is 2. The van der Waals surface area contributed by atoms with Crippen molar-refractivity contribution in [3.8, 4) is 0 Å². The summed E-state index contributed by atoms with van der Waals surface area (Å²) in [6, 6.07) is 0. The van der Waals surface area contributed by atoms with Crippen molar-refractivity contribution < 1.29 is 98.5 Å². The predicted molar refractivity (Wildman–Crippen MR) is 212 cm³/mol. The van der Waals surface area contributed by atoms with Crippen molar-refractivity contribution in [2.24, 2.45) is 5.92 Å². The SMILES string of the molecule is CCCCCCCCCC(CC(=O)OC)SCSCNCC(O)C(O)C(CO)O[C@@H]1OC[C@@H](O[C@@H]2OC[C@@H](O)C(O)C2O[C@H]2OC(OC=O)[C@@H](CO)[C@H](O)C2O)[C@@H](O)C1O. The van der Waals surface area contributed by atoms with E-state index in [4.69, 9.17) is 37.9 Å². The van der Waals surface area contributed by atoms with E-state index in [9.17, 15) is 60.7 Å². The van der Waals surface area contributed by atoms with Gasteiger partial charge in [0.2, 0.25) is 6.29 Å². The third kappa shape index (κ3) is 16.5. The first kappa shape index (κ1) is 53.3. The van der Waals surface area contributed by atoms with Gasteiger partial charge >= 0.3 is 5.97 Å². The molecule has 0 bridgehead atoms. The van der Waals surface area contributed by atoms with Gasteiger partial charge in [0.1, 0.15) is 54.9 Å². The second-order valence-corrected chi connectivity index (χ2v) is 17.6. The van der Waals surface area contributed by atoms with E-state index in [1.807, 2.05) is 0 Å². The third-order valence-corrected chi connectivity index (χ3v) is 13.0. The fraction of sp³-hybridized carbons (Fsp3) is 0.946. The zero-order chi connectivity index (χ0) is 44.2. The molecule has 11 N–H and O–H groups in total. The number of rotatable bonds is 29. The smallest absolute Gasteiger partial charge is 0.306 e. The lowest BCUT2D eigenvalue weighted by Crippen LogP contribution is -2.63. The molecular formula is C37H67NO20S2. The van der Waals surface area contributed by atoms with E-state index in [-0.39, 0.29) is 24.2 Å². The average Bonchev–Trinajstić information content (AvgIpc) is 3.24. The van der Waals surface area contributed by atoms with E-state index < -0.39 is 125 Å². The average molecular weight is 910 g/mol. The van der Waals surface area contributed by atoms with Crippen molar-refractivity contribution in [2.75, 3.05) is 51.0 Å². The molecule has 0 spiro atoms. The molecule has 0 aromatic rings. The predicted octanol–water partition coefficient (Wildman–Crippen LogP) is -2.76. The Morgan fingerprint density at radius 2 is 1.53 bits per heavy atom. The molecule has 3 saturated heterocycles. The number of hydrogen-bond acceptors (Lipinski definition) is 23. The largest absolute Gasteiger partial charge is 0.469 e. The first-order valence-electron chi connectivity index (χ1n) is 20.4. The molecule has 21 nitrogen and oxygen atoms in total. The van der Waals surface area contributed by atoms with Gasteiger partial charge in [-0.2, -0.15) is 0 Å². The van der Waals surface area contributed by atoms with Gasteiger partial charge in [-0.1, -0.05) is 51.9 Å².